The molecule has 0 radical (unpaired) electrons. The number of ether oxygens (including phenoxy) is 1. The third-order valence-electron chi connectivity index (χ3n) is 4.56. The second-order valence-corrected chi connectivity index (χ2v) is 5.66. The maximum atomic E-state index is 11.2. The standard InChI is InChI=1S/C12H19NO2/c13-10-2-1-8-6-12(7-9(8)5-10)4-3-11(14)15-12/h8-10H,1-7,13H2. The van der Waals surface area contributed by atoms with E-state index in [0.29, 0.717) is 12.5 Å². The topological polar surface area (TPSA) is 52.3 Å². The molecule has 84 valence electrons. The van der Waals surface area contributed by atoms with Gasteiger partial charge in [0.05, 0.1) is 0 Å². The van der Waals surface area contributed by atoms with Crippen molar-refractivity contribution in [3.63, 3.8) is 0 Å². The summed E-state index contributed by atoms with van der Waals surface area (Å²) in [7, 11) is 0. The lowest BCUT2D eigenvalue weighted by Crippen LogP contribution is -2.30. The fourth-order valence-electron chi connectivity index (χ4n) is 3.88. The van der Waals surface area contributed by atoms with Gasteiger partial charge in [0.2, 0.25) is 0 Å². The molecular formula is C12H19NO2. The minimum Gasteiger partial charge on any atom is -0.459 e. The Labute approximate surface area is 90.4 Å². The molecule has 2 aliphatic carbocycles. The molecule has 2 saturated carbocycles. The van der Waals surface area contributed by atoms with Crippen LogP contribution in [0, 0.1) is 11.8 Å². The van der Waals surface area contributed by atoms with Crippen LogP contribution in [-0.4, -0.2) is 17.6 Å². The fraction of sp³-hybridized carbons (Fsp3) is 0.917. The normalized spacial score (nSPS) is 49.4. The van der Waals surface area contributed by atoms with Crippen molar-refractivity contribution in [2.75, 3.05) is 0 Å². The maximum Gasteiger partial charge on any atom is 0.306 e. The van der Waals surface area contributed by atoms with E-state index in [2.05, 4.69) is 0 Å². The van der Waals surface area contributed by atoms with Crippen LogP contribution >= 0.6 is 0 Å². The number of nitrogens with two attached hydrogens (primary N) is 1. The van der Waals surface area contributed by atoms with Crippen LogP contribution in [-0.2, 0) is 9.53 Å². The van der Waals surface area contributed by atoms with Gasteiger partial charge in [0, 0.05) is 12.5 Å². The molecule has 0 bridgehead atoms. The summed E-state index contributed by atoms with van der Waals surface area (Å²) in [6.07, 6.45) is 7.31. The fourth-order valence-corrected chi connectivity index (χ4v) is 3.88. The Hall–Kier alpha value is -0.570. The molecule has 15 heavy (non-hydrogen) atoms. The first-order chi connectivity index (χ1) is 7.17. The third kappa shape index (κ3) is 1.57. The molecule has 0 aromatic heterocycles. The minimum atomic E-state index is -0.0729. The molecule has 3 nitrogen and oxygen atoms in total. The SMILES string of the molecule is NC1CCC2CC3(CCC(=O)O3)CC2C1. The first kappa shape index (κ1) is 9.64. The average molecular weight is 209 g/mol. The zero-order chi connectivity index (χ0) is 10.5. The molecule has 1 saturated heterocycles. The van der Waals surface area contributed by atoms with Crippen molar-refractivity contribution >= 4 is 5.97 Å². The lowest BCUT2D eigenvalue weighted by molar-refractivity contribution is -0.148. The van der Waals surface area contributed by atoms with Gasteiger partial charge >= 0.3 is 5.97 Å². The van der Waals surface area contributed by atoms with Gasteiger partial charge < -0.3 is 10.5 Å². The van der Waals surface area contributed by atoms with E-state index >= 15 is 0 Å². The van der Waals surface area contributed by atoms with Crippen LogP contribution in [0.15, 0.2) is 0 Å². The highest BCUT2D eigenvalue weighted by atomic mass is 16.6. The lowest BCUT2D eigenvalue weighted by atomic mass is 9.79. The molecule has 1 spiro atoms. The van der Waals surface area contributed by atoms with Crippen molar-refractivity contribution in [2.24, 2.45) is 17.6 Å². The monoisotopic (exact) mass is 209 g/mol. The molecule has 0 aromatic carbocycles. The number of fused-ring (bicyclic) bond motifs is 1. The van der Waals surface area contributed by atoms with Gasteiger partial charge in [-0.3, -0.25) is 4.79 Å². The first-order valence-corrected chi connectivity index (χ1v) is 6.14. The van der Waals surface area contributed by atoms with Gasteiger partial charge in [-0.25, -0.2) is 0 Å². The van der Waals surface area contributed by atoms with Crippen LogP contribution in [0.2, 0.25) is 0 Å². The second kappa shape index (κ2) is 3.21. The number of hydrogen-bond acceptors (Lipinski definition) is 3. The molecule has 1 aliphatic heterocycles. The number of rotatable bonds is 0. The van der Waals surface area contributed by atoms with Crippen molar-refractivity contribution < 1.29 is 9.53 Å². The summed E-state index contributed by atoms with van der Waals surface area (Å²) in [6, 6.07) is 0.388. The van der Waals surface area contributed by atoms with Crippen molar-refractivity contribution in [1.29, 1.82) is 0 Å². The molecule has 3 heteroatoms. The summed E-state index contributed by atoms with van der Waals surface area (Å²) >= 11 is 0. The van der Waals surface area contributed by atoms with E-state index in [1.807, 2.05) is 0 Å². The van der Waals surface area contributed by atoms with Crippen molar-refractivity contribution in [3.05, 3.63) is 0 Å². The van der Waals surface area contributed by atoms with Crippen LogP contribution in [0.4, 0.5) is 0 Å². The van der Waals surface area contributed by atoms with E-state index in [9.17, 15) is 4.79 Å². The summed E-state index contributed by atoms with van der Waals surface area (Å²) < 4.78 is 5.56. The van der Waals surface area contributed by atoms with Gasteiger partial charge in [-0.15, -0.1) is 0 Å². The molecule has 3 aliphatic rings. The molecule has 1 heterocycles. The molecule has 2 N–H and O–H groups in total. The van der Waals surface area contributed by atoms with E-state index in [-0.39, 0.29) is 11.6 Å². The zero-order valence-corrected chi connectivity index (χ0v) is 9.08. The van der Waals surface area contributed by atoms with Crippen LogP contribution in [0.25, 0.3) is 0 Å². The van der Waals surface area contributed by atoms with Gasteiger partial charge in [-0.05, 0) is 50.4 Å². The van der Waals surface area contributed by atoms with Gasteiger partial charge in [0.15, 0.2) is 0 Å². The smallest absolute Gasteiger partial charge is 0.306 e. The average Bonchev–Trinajstić information content (AvgIpc) is 2.69. The second-order valence-electron chi connectivity index (χ2n) is 5.66. The predicted molar refractivity (Wildman–Crippen MR) is 56.1 cm³/mol. The van der Waals surface area contributed by atoms with E-state index in [1.54, 1.807) is 0 Å². The Morgan fingerprint density at radius 2 is 2.07 bits per heavy atom. The summed E-state index contributed by atoms with van der Waals surface area (Å²) in [4.78, 5) is 11.2. The van der Waals surface area contributed by atoms with Crippen molar-refractivity contribution in [2.45, 2.75) is 56.6 Å². The zero-order valence-electron chi connectivity index (χ0n) is 9.08. The lowest BCUT2D eigenvalue weighted by Gasteiger charge is -2.28. The van der Waals surface area contributed by atoms with Crippen molar-refractivity contribution in [3.8, 4) is 0 Å². The number of carbonyl (C=O) groups excluding carboxylic acids is 1. The Balaban J connectivity index is 1.74. The van der Waals surface area contributed by atoms with E-state index in [4.69, 9.17) is 10.5 Å². The third-order valence-corrected chi connectivity index (χ3v) is 4.56. The van der Waals surface area contributed by atoms with Gasteiger partial charge in [-0.2, -0.15) is 0 Å². The van der Waals surface area contributed by atoms with E-state index in [0.717, 1.165) is 43.9 Å². The summed E-state index contributed by atoms with van der Waals surface area (Å²) in [6.45, 7) is 0. The summed E-state index contributed by atoms with van der Waals surface area (Å²) in [5.41, 5.74) is 5.92. The van der Waals surface area contributed by atoms with Gasteiger partial charge in [-0.1, -0.05) is 0 Å². The Morgan fingerprint density at radius 3 is 2.80 bits per heavy atom. The molecular weight excluding hydrogens is 190 g/mol. The molecule has 4 unspecified atom stereocenters. The van der Waals surface area contributed by atoms with Gasteiger partial charge in [0.1, 0.15) is 5.60 Å². The minimum absolute atomic E-state index is 0.0120. The first-order valence-electron chi connectivity index (χ1n) is 6.14. The van der Waals surface area contributed by atoms with Crippen LogP contribution < -0.4 is 5.73 Å². The molecule has 3 rings (SSSR count). The van der Waals surface area contributed by atoms with E-state index in [1.165, 1.54) is 6.42 Å². The van der Waals surface area contributed by atoms with Crippen molar-refractivity contribution in [1.82, 2.24) is 0 Å². The quantitative estimate of drug-likeness (QED) is 0.616. The Kier molecular flexibility index (Phi) is 2.06. The highest BCUT2D eigenvalue weighted by Crippen LogP contribution is 2.52. The number of carbonyl (C=O) groups is 1. The van der Waals surface area contributed by atoms with Gasteiger partial charge in [0.25, 0.3) is 0 Å². The Morgan fingerprint density at radius 1 is 1.27 bits per heavy atom. The number of hydrogen-bond donors (Lipinski definition) is 1. The van der Waals surface area contributed by atoms with Crippen LogP contribution in [0.3, 0.4) is 0 Å². The van der Waals surface area contributed by atoms with Crippen LogP contribution in [0.5, 0.6) is 0 Å². The molecule has 3 fully saturated rings. The van der Waals surface area contributed by atoms with Crippen LogP contribution in [0.1, 0.15) is 44.9 Å². The maximum absolute atomic E-state index is 11.2. The number of esters is 1. The highest BCUT2D eigenvalue weighted by molar-refractivity contribution is 5.72. The Bertz CT molecular complexity index is 291. The van der Waals surface area contributed by atoms with E-state index < -0.39 is 0 Å². The summed E-state index contributed by atoms with van der Waals surface area (Å²) in [5, 5.41) is 0. The predicted octanol–water partition coefficient (Wildman–Crippen LogP) is 1.60. The molecule has 4 atom stereocenters. The molecule has 0 aromatic rings. The largest absolute Gasteiger partial charge is 0.459 e. The molecule has 0 amide bonds. The summed E-state index contributed by atoms with van der Waals surface area (Å²) in [5.74, 6) is 1.51. The highest BCUT2D eigenvalue weighted by Gasteiger charge is 2.51.